The van der Waals surface area contributed by atoms with Gasteiger partial charge in [-0.15, -0.1) is 0 Å². The van der Waals surface area contributed by atoms with E-state index in [4.69, 9.17) is 5.11 Å². The molecule has 5 nitrogen and oxygen atoms in total. The Morgan fingerprint density at radius 3 is 2.42 bits per heavy atom. The predicted molar refractivity (Wildman–Crippen MR) is 65.0 cm³/mol. The Labute approximate surface area is 108 Å². The van der Waals surface area contributed by atoms with E-state index in [0.29, 0.717) is 18.7 Å². The average molecular weight is 272 g/mol. The Morgan fingerprint density at radius 2 is 1.89 bits per heavy atom. The Balaban J connectivity index is 3.03. The lowest BCUT2D eigenvalue weighted by Crippen LogP contribution is -2.29. The van der Waals surface area contributed by atoms with Crippen LogP contribution in [0.15, 0.2) is 12.1 Å². The minimum atomic E-state index is -1.45. The molecule has 0 heterocycles. The van der Waals surface area contributed by atoms with Crippen LogP contribution in [0.3, 0.4) is 0 Å². The van der Waals surface area contributed by atoms with Crippen LogP contribution in [-0.2, 0) is 4.79 Å². The van der Waals surface area contributed by atoms with Gasteiger partial charge in [0.15, 0.2) is 11.6 Å². The van der Waals surface area contributed by atoms with E-state index in [9.17, 15) is 18.4 Å². The van der Waals surface area contributed by atoms with Crippen LogP contribution in [0.2, 0.25) is 0 Å². The van der Waals surface area contributed by atoms with Crippen LogP contribution in [0.25, 0.3) is 0 Å². The molecule has 0 saturated carbocycles. The van der Waals surface area contributed by atoms with Crippen LogP contribution < -0.4 is 10.6 Å². The molecule has 1 unspecified atom stereocenters. The van der Waals surface area contributed by atoms with Gasteiger partial charge in [0.2, 0.25) is 5.91 Å². The topological polar surface area (TPSA) is 78.4 Å². The molecule has 1 aromatic carbocycles. The molecule has 3 N–H and O–H groups in total. The maximum absolute atomic E-state index is 13.1. The lowest BCUT2D eigenvalue weighted by atomic mass is 10.1. The normalized spacial score (nSPS) is 12.0. The fraction of sp³-hybridized carbons (Fsp3) is 0.333. The molecule has 19 heavy (non-hydrogen) atoms. The molecule has 1 atom stereocenters. The maximum Gasteiger partial charge on any atom is 0.337 e. The van der Waals surface area contributed by atoms with Crippen molar-refractivity contribution in [3.8, 4) is 0 Å². The summed E-state index contributed by atoms with van der Waals surface area (Å²) >= 11 is 0. The number of anilines is 1. The first kappa shape index (κ1) is 15.0. The van der Waals surface area contributed by atoms with Gasteiger partial charge in [-0.3, -0.25) is 4.79 Å². The molecular formula is C12H14F2N2O3. The molecule has 0 radical (unpaired) electrons. The van der Waals surface area contributed by atoms with Crippen LogP contribution in [0.5, 0.6) is 0 Å². The highest BCUT2D eigenvalue weighted by atomic mass is 19.2. The van der Waals surface area contributed by atoms with Crippen LogP contribution in [0.1, 0.15) is 17.3 Å². The van der Waals surface area contributed by atoms with Crippen molar-refractivity contribution in [2.24, 2.45) is 5.92 Å². The van der Waals surface area contributed by atoms with Crippen molar-refractivity contribution >= 4 is 17.6 Å². The quantitative estimate of drug-likeness (QED) is 0.758. The molecule has 1 amide bonds. The van der Waals surface area contributed by atoms with Crippen molar-refractivity contribution < 1.29 is 23.5 Å². The summed E-state index contributed by atoms with van der Waals surface area (Å²) in [5.41, 5.74) is -0.761. The van der Waals surface area contributed by atoms with Crippen LogP contribution in [0, 0.1) is 17.6 Å². The summed E-state index contributed by atoms with van der Waals surface area (Å²) in [6.45, 7) is 1.99. The summed E-state index contributed by atoms with van der Waals surface area (Å²) in [5.74, 6) is -4.88. The molecule has 104 valence electrons. The fourth-order valence-electron chi connectivity index (χ4n) is 1.48. The highest BCUT2D eigenvalue weighted by Gasteiger charge is 2.19. The summed E-state index contributed by atoms with van der Waals surface area (Å²) in [6.07, 6.45) is 0. The van der Waals surface area contributed by atoms with Crippen molar-refractivity contribution in [1.82, 2.24) is 5.32 Å². The average Bonchev–Trinajstić information content (AvgIpc) is 2.33. The smallest absolute Gasteiger partial charge is 0.337 e. The van der Waals surface area contributed by atoms with E-state index in [2.05, 4.69) is 10.6 Å². The first-order valence-electron chi connectivity index (χ1n) is 5.54. The number of rotatable bonds is 5. The number of hydrogen-bond acceptors (Lipinski definition) is 3. The second-order valence-corrected chi connectivity index (χ2v) is 4.07. The standard InChI is InChI=1S/C12H14F2N2O3/c1-6(5-15-2)11(17)16-10-4-9(14)8(13)3-7(10)12(18)19/h3-4,6,15H,5H2,1-2H3,(H,16,17)(H,18,19). The van der Waals surface area contributed by atoms with Crippen molar-refractivity contribution in [3.05, 3.63) is 29.3 Å². The van der Waals surface area contributed by atoms with Gasteiger partial charge in [0.05, 0.1) is 11.3 Å². The van der Waals surface area contributed by atoms with Crippen molar-refractivity contribution in [2.75, 3.05) is 18.9 Å². The lowest BCUT2D eigenvalue weighted by Gasteiger charge is -2.13. The number of amides is 1. The summed E-state index contributed by atoms with van der Waals surface area (Å²) in [4.78, 5) is 22.6. The van der Waals surface area contributed by atoms with E-state index in [1.807, 2.05) is 0 Å². The predicted octanol–water partition coefficient (Wildman–Crippen LogP) is 1.46. The first-order valence-corrected chi connectivity index (χ1v) is 5.54. The number of carbonyl (C=O) groups excluding carboxylic acids is 1. The highest BCUT2D eigenvalue weighted by Crippen LogP contribution is 2.20. The van der Waals surface area contributed by atoms with E-state index in [0.717, 1.165) is 0 Å². The number of halogens is 2. The number of benzene rings is 1. The van der Waals surface area contributed by atoms with Gasteiger partial charge in [0.1, 0.15) is 0 Å². The van der Waals surface area contributed by atoms with Crippen LogP contribution in [0.4, 0.5) is 14.5 Å². The SMILES string of the molecule is CNCC(C)C(=O)Nc1cc(F)c(F)cc1C(=O)O. The third-order valence-corrected chi connectivity index (χ3v) is 2.51. The van der Waals surface area contributed by atoms with Crippen molar-refractivity contribution in [2.45, 2.75) is 6.92 Å². The molecule has 0 aliphatic rings. The molecule has 7 heteroatoms. The van der Waals surface area contributed by atoms with E-state index < -0.39 is 35.0 Å². The third kappa shape index (κ3) is 3.72. The van der Waals surface area contributed by atoms with Gasteiger partial charge in [-0.2, -0.15) is 0 Å². The van der Waals surface area contributed by atoms with Crippen molar-refractivity contribution in [1.29, 1.82) is 0 Å². The summed E-state index contributed by atoms with van der Waals surface area (Å²) in [7, 11) is 1.66. The lowest BCUT2D eigenvalue weighted by molar-refractivity contribution is -0.119. The molecule has 0 saturated heterocycles. The number of hydrogen-bond donors (Lipinski definition) is 3. The maximum atomic E-state index is 13.1. The first-order chi connectivity index (χ1) is 8.86. The molecule has 0 aromatic heterocycles. The van der Waals surface area contributed by atoms with E-state index in [-0.39, 0.29) is 5.69 Å². The zero-order chi connectivity index (χ0) is 14.6. The molecule has 0 aliphatic carbocycles. The molecule has 1 aromatic rings. The molecule has 0 bridgehead atoms. The number of nitrogens with one attached hydrogen (secondary N) is 2. The molecular weight excluding hydrogens is 258 g/mol. The number of carboxylic acids is 1. The Kier molecular flexibility index (Phi) is 4.94. The monoisotopic (exact) mass is 272 g/mol. The third-order valence-electron chi connectivity index (χ3n) is 2.51. The van der Waals surface area contributed by atoms with Crippen LogP contribution in [-0.4, -0.2) is 30.6 Å². The molecule has 0 aliphatic heterocycles. The van der Waals surface area contributed by atoms with Crippen molar-refractivity contribution in [3.63, 3.8) is 0 Å². The zero-order valence-electron chi connectivity index (χ0n) is 10.5. The highest BCUT2D eigenvalue weighted by molar-refractivity contribution is 6.01. The van der Waals surface area contributed by atoms with Gasteiger partial charge in [0.25, 0.3) is 0 Å². The van der Waals surface area contributed by atoms with Gasteiger partial charge >= 0.3 is 5.97 Å². The minimum absolute atomic E-state index is 0.264. The minimum Gasteiger partial charge on any atom is -0.478 e. The van der Waals surface area contributed by atoms with Gasteiger partial charge in [0, 0.05) is 18.5 Å². The molecule has 0 fully saturated rings. The van der Waals surface area contributed by atoms with Gasteiger partial charge in [-0.25, -0.2) is 13.6 Å². The Morgan fingerprint density at radius 1 is 1.32 bits per heavy atom. The summed E-state index contributed by atoms with van der Waals surface area (Å²) in [6, 6.07) is 1.19. The second kappa shape index (κ2) is 6.24. The van der Waals surface area contributed by atoms with E-state index in [1.54, 1.807) is 14.0 Å². The van der Waals surface area contributed by atoms with E-state index >= 15 is 0 Å². The summed E-state index contributed by atoms with van der Waals surface area (Å²) in [5, 5.41) is 13.9. The number of carboxylic acid groups (broad SMARTS) is 1. The Hall–Kier alpha value is -2.02. The van der Waals surface area contributed by atoms with Gasteiger partial charge in [-0.1, -0.05) is 6.92 Å². The summed E-state index contributed by atoms with van der Waals surface area (Å²) < 4.78 is 26.1. The molecule has 0 spiro atoms. The number of carbonyl (C=O) groups is 2. The number of aromatic carboxylic acids is 1. The van der Waals surface area contributed by atoms with Gasteiger partial charge < -0.3 is 15.7 Å². The zero-order valence-corrected chi connectivity index (χ0v) is 10.5. The van der Waals surface area contributed by atoms with Crippen LogP contribution >= 0.6 is 0 Å². The van der Waals surface area contributed by atoms with E-state index in [1.165, 1.54) is 0 Å². The largest absolute Gasteiger partial charge is 0.478 e. The second-order valence-electron chi connectivity index (χ2n) is 4.07. The Bertz CT molecular complexity index is 506. The van der Waals surface area contributed by atoms with Gasteiger partial charge in [-0.05, 0) is 13.1 Å². The molecule has 1 rings (SSSR count). The fourth-order valence-corrected chi connectivity index (χ4v) is 1.48.